The van der Waals surface area contributed by atoms with E-state index in [1.165, 1.54) is 0 Å². The van der Waals surface area contributed by atoms with Crippen LogP contribution >= 0.6 is 12.4 Å². The molecular formula is C13H18ClNO3. The number of hydrogen-bond donors (Lipinski definition) is 2. The van der Waals surface area contributed by atoms with Gasteiger partial charge in [0.15, 0.2) is 0 Å². The van der Waals surface area contributed by atoms with Crippen LogP contribution in [0.4, 0.5) is 0 Å². The fourth-order valence-electron chi connectivity index (χ4n) is 1.61. The first-order valence-electron chi connectivity index (χ1n) is 5.53. The number of ketones is 1. The number of carbonyl (C=O) groups is 2. The molecule has 0 spiro atoms. The average molecular weight is 272 g/mol. The Morgan fingerprint density at radius 1 is 1.28 bits per heavy atom. The lowest BCUT2D eigenvalue weighted by Gasteiger charge is -2.11. The molecule has 5 heteroatoms. The summed E-state index contributed by atoms with van der Waals surface area (Å²) in [7, 11) is 0. The van der Waals surface area contributed by atoms with Crippen molar-refractivity contribution in [2.24, 2.45) is 11.7 Å². The number of aliphatic carboxylic acids is 1. The highest BCUT2D eigenvalue weighted by molar-refractivity contribution is 5.85. The number of hydrogen-bond acceptors (Lipinski definition) is 3. The second kappa shape index (κ2) is 7.84. The molecule has 1 unspecified atom stereocenters. The van der Waals surface area contributed by atoms with Gasteiger partial charge in [0, 0.05) is 6.42 Å². The van der Waals surface area contributed by atoms with E-state index in [1.54, 1.807) is 0 Å². The zero-order valence-corrected chi connectivity index (χ0v) is 11.1. The first-order valence-corrected chi connectivity index (χ1v) is 5.53. The summed E-state index contributed by atoms with van der Waals surface area (Å²) < 4.78 is 0. The zero-order valence-electron chi connectivity index (χ0n) is 10.3. The van der Waals surface area contributed by atoms with Crippen molar-refractivity contribution in [3.8, 4) is 0 Å². The SMILES string of the molecule is Cc1ccc(CC(CC(=O)CN)C(=O)O)cc1.Cl. The van der Waals surface area contributed by atoms with Gasteiger partial charge < -0.3 is 10.8 Å². The summed E-state index contributed by atoms with van der Waals surface area (Å²) in [5, 5.41) is 9.04. The van der Waals surface area contributed by atoms with E-state index in [4.69, 9.17) is 10.8 Å². The Bertz CT molecular complexity index is 403. The normalized spacial score (nSPS) is 11.4. The molecule has 0 saturated carbocycles. The van der Waals surface area contributed by atoms with Crippen LogP contribution in [-0.2, 0) is 16.0 Å². The maximum absolute atomic E-state index is 11.2. The number of rotatable bonds is 6. The highest BCUT2D eigenvalue weighted by atomic mass is 35.5. The lowest BCUT2D eigenvalue weighted by atomic mass is 9.94. The summed E-state index contributed by atoms with van der Waals surface area (Å²) in [4.78, 5) is 22.2. The lowest BCUT2D eigenvalue weighted by molar-refractivity contribution is -0.143. The molecule has 0 bridgehead atoms. The van der Waals surface area contributed by atoms with E-state index in [0.29, 0.717) is 6.42 Å². The van der Waals surface area contributed by atoms with Crippen LogP contribution in [-0.4, -0.2) is 23.4 Å². The molecule has 1 rings (SSSR count). The van der Waals surface area contributed by atoms with E-state index >= 15 is 0 Å². The largest absolute Gasteiger partial charge is 0.481 e. The number of Topliss-reactive ketones (excluding diaryl/α,β-unsaturated/α-hetero) is 1. The van der Waals surface area contributed by atoms with E-state index in [2.05, 4.69) is 0 Å². The van der Waals surface area contributed by atoms with Gasteiger partial charge in [0.05, 0.1) is 12.5 Å². The predicted molar refractivity (Wildman–Crippen MR) is 71.9 cm³/mol. The molecule has 1 aromatic rings. The van der Waals surface area contributed by atoms with E-state index in [-0.39, 0.29) is 31.2 Å². The topological polar surface area (TPSA) is 80.4 Å². The smallest absolute Gasteiger partial charge is 0.307 e. The number of nitrogens with two attached hydrogens (primary N) is 1. The number of aryl methyl sites for hydroxylation is 1. The quantitative estimate of drug-likeness (QED) is 0.823. The van der Waals surface area contributed by atoms with Crippen LogP contribution in [0.1, 0.15) is 17.5 Å². The van der Waals surface area contributed by atoms with E-state index < -0.39 is 11.9 Å². The summed E-state index contributed by atoms with van der Waals surface area (Å²) in [6, 6.07) is 7.63. The van der Waals surface area contributed by atoms with Crippen molar-refractivity contribution in [2.45, 2.75) is 19.8 Å². The van der Waals surface area contributed by atoms with Gasteiger partial charge in [0.1, 0.15) is 5.78 Å². The monoisotopic (exact) mass is 271 g/mol. The zero-order chi connectivity index (χ0) is 12.8. The molecule has 0 heterocycles. The molecule has 0 saturated heterocycles. The van der Waals surface area contributed by atoms with Crippen molar-refractivity contribution in [3.05, 3.63) is 35.4 Å². The molecular weight excluding hydrogens is 254 g/mol. The highest BCUT2D eigenvalue weighted by Crippen LogP contribution is 2.14. The van der Waals surface area contributed by atoms with Crippen molar-refractivity contribution in [3.63, 3.8) is 0 Å². The Morgan fingerprint density at radius 2 is 1.83 bits per heavy atom. The van der Waals surface area contributed by atoms with Gasteiger partial charge in [-0.1, -0.05) is 29.8 Å². The van der Waals surface area contributed by atoms with Crippen LogP contribution in [0.3, 0.4) is 0 Å². The third-order valence-corrected chi connectivity index (χ3v) is 2.65. The Morgan fingerprint density at radius 3 is 2.28 bits per heavy atom. The third kappa shape index (κ3) is 5.29. The van der Waals surface area contributed by atoms with E-state index in [1.807, 2.05) is 31.2 Å². The van der Waals surface area contributed by atoms with Crippen molar-refractivity contribution >= 4 is 24.2 Å². The van der Waals surface area contributed by atoms with Gasteiger partial charge in [-0.25, -0.2) is 0 Å². The summed E-state index contributed by atoms with van der Waals surface area (Å²) >= 11 is 0. The minimum atomic E-state index is -0.952. The predicted octanol–water partition coefficient (Wildman–Crippen LogP) is 1.58. The fraction of sp³-hybridized carbons (Fsp3) is 0.385. The Hall–Kier alpha value is -1.39. The molecule has 100 valence electrons. The average Bonchev–Trinajstić information content (AvgIpc) is 2.30. The van der Waals surface area contributed by atoms with Gasteiger partial charge in [-0.2, -0.15) is 0 Å². The van der Waals surface area contributed by atoms with Crippen LogP contribution in [0.25, 0.3) is 0 Å². The van der Waals surface area contributed by atoms with Gasteiger partial charge in [0.25, 0.3) is 0 Å². The van der Waals surface area contributed by atoms with Gasteiger partial charge in [-0.05, 0) is 18.9 Å². The molecule has 0 fully saturated rings. The van der Waals surface area contributed by atoms with Crippen LogP contribution in [0.5, 0.6) is 0 Å². The van der Waals surface area contributed by atoms with Crippen molar-refractivity contribution < 1.29 is 14.7 Å². The molecule has 0 aliphatic rings. The molecule has 3 N–H and O–H groups in total. The molecule has 1 atom stereocenters. The molecule has 0 aromatic heterocycles. The molecule has 1 aromatic carbocycles. The van der Waals surface area contributed by atoms with E-state index in [9.17, 15) is 9.59 Å². The van der Waals surface area contributed by atoms with Crippen molar-refractivity contribution in [1.82, 2.24) is 0 Å². The fourth-order valence-corrected chi connectivity index (χ4v) is 1.61. The highest BCUT2D eigenvalue weighted by Gasteiger charge is 2.20. The first-order chi connectivity index (χ1) is 8.02. The van der Waals surface area contributed by atoms with Gasteiger partial charge in [-0.3, -0.25) is 9.59 Å². The maximum atomic E-state index is 11.2. The molecule has 0 radical (unpaired) electrons. The van der Waals surface area contributed by atoms with Gasteiger partial charge >= 0.3 is 5.97 Å². The summed E-state index contributed by atoms with van der Waals surface area (Å²) in [6.45, 7) is 1.87. The Balaban J connectivity index is 0.00000289. The van der Waals surface area contributed by atoms with Gasteiger partial charge in [-0.15, -0.1) is 12.4 Å². The number of halogens is 1. The molecule has 4 nitrogen and oxygen atoms in total. The number of carboxylic acids is 1. The molecule has 0 aliphatic heterocycles. The van der Waals surface area contributed by atoms with Crippen LogP contribution < -0.4 is 5.73 Å². The first kappa shape index (κ1) is 16.6. The van der Waals surface area contributed by atoms with Crippen molar-refractivity contribution in [2.75, 3.05) is 6.54 Å². The molecule has 0 amide bonds. The minimum absolute atomic E-state index is 0. The molecule has 18 heavy (non-hydrogen) atoms. The maximum Gasteiger partial charge on any atom is 0.307 e. The lowest BCUT2D eigenvalue weighted by Crippen LogP contribution is -2.24. The number of carbonyl (C=O) groups excluding carboxylic acids is 1. The number of carboxylic acid groups (broad SMARTS) is 1. The van der Waals surface area contributed by atoms with Crippen molar-refractivity contribution in [1.29, 1.82) is 0 Å². The number of benzene rings is 1. The second-order valence-corrected chi connectivity index (χ2v) is 4.17. The third-order valence-electron chi connectivity index (χ3n) is 2.65. The van der Waals surface area contributed by atoms with E-state index in [0.717, 1.165) is 11.1 Å². The minimum Gasteiger partial charge on any atom is -0.481 e. The Labute approximate surface area is 113 Å². The standard InChI is InChI=1S/C13H17NO3.ClH/c1-9-2-4-10(5-3-9)6-11(13(16)17)7-12(15)8-14;/h2-5,11H,6-8,14H2,1H3,(H,16,17);1H. The second-order valence-electron chi connectivity index (χ2n) is 4.17. The summed E-state index contributed by atoms with van der Waals surface area (Å²) in [5.74, 6) is -1.86. The van der Waals surface area contributed by atoms with Crippen LogP contribution in [0.2, 0.25) is 0 Å². The van der Waals surface area contributed by atoms with Crippen LogP contribution in [0, 0.1) is 12.8 Å². The van der Waals surface area contributed by atoms with Crippen LogP contribution in [0.15, 0.2) is 24.3 Å². The summed E-state index contributed by atoms with van der Waals surface area (Å²) in [6.07, 6.45) is 0.362. The Kier molecular flexibility index (Phi) is 7.24. The molecule has 0 aliphatic carbocycles. The summed E-state index contributed by atoms with van der Waals surface area (Å²) in [5.41, 5.74) is 7.24. The van der Waals surface area contributed by atoms with Gasteiger partial charge in [0.2, 0.25) is 0 Å².